The van der Waals surface area contributed by atoms with Gasteiger partial charge < -0.3 is 9.84 Å². The number of carbonyl (C=O) groups is 1. The fraction of sp³-hybridized carbons (Fsp3) is 0.462. The van der Waals surface area contributed by atoms with Gasteiger partial charge in [-0.2, -0.15) is 0 Å². The first kappa shape index (κ1) is 11.9. The second kappa shape index (κ2) is 5.19. The largest absolute Gasteiger partial charge is 0.508 e. The van der Waals surface area contributed by atoms with E-state index in [0.717, 1.165) is 18.4 Å². The summed E-state index contributed by atoms with van der Waals surface area (Å²) in [5, 5.41) is 12.8. The Morgan fingerprint density at radius 2 is 2.24 bits per heavy atom. The molecule has 2 N–H and O–H groups in total. The summed E-state index contributed by atoms with van der Waals surface area (Å²) in [5.41, 5.74) is 0.794. The molecular weight excluding hydrogens is 218 g/mol. The topological polar surface area (TPSA) is 58.6 Å². The third-order valence-electron chi connectivity index (χ3n) is 3.05. The summed E-state index contributed by atoms with van der Waals surface area (Å²) in [5.74, 6) is 0.413. The van der Waals surface area contributed by atoms with E-state index in [0.29, 0.717) is 12.5 Å². The van der Waals surface area contributed by atoms with Gasteiger partial charge in [0, 0.05) is 12.1 Å². The lowest BCUT2D eigenvalue weighted by molar-refractivity contribution is -0.143. The lowest BCUT2D eigenvalue weighted by atomic mass is 10.1. The van der Waals surface area contributed by atoms with Crippen LogP contribution < -0.4 is 5.32 Å². The number of rotatable bonds is 5. The summed E-state index contributed by atoms with van der Waals surface area (Å²) < 4.78 is 4.77. The Bertz CT molecular complexity index is 401. The molecule has 1 aromatic carbocycles. The molecule has 0 aromatic heterocycles. The Hall–Kier alpha value is -1.55. The highest BCUT2D eigenvalue weighted by molar-refractivity contribution is 5.76. The monoisotopic (exact) mass is 235 g/mol. The van der Waals surface area contributed by atoms with E-state index in [1.54, 1.807) is 12.1 Å². The third kappa shape index (κ3) is 2.97. The molecule has 4 heteroatoms. The van der Waals surface area contributed by atoms with Gasteiger partial charge in [0.2, 0.25) is 0 Å². The number of para-hydroxylation sites is 1. The first-order valence-corrected chi connectivity index (χ1v) is 5.80. The lowest BCUT2D eigenvalue weighted by Gasteiger charge is -2.16. The van der Waals surface area contributed by atoms with Gasteiger partial charge in [0.05, 0.1) is 7.11 Å². The van der Waals surface area contributed by atoms with Crippen LogP contribution in [0, 0.1) is 5.92 Å². The summed E-state index contributed by atoms with van der Waals surface area (Å²) in [6.07, 6.45) is 2.13. The molecule has 17 heavy (non-hydrogen) atoms. The van der Waals surface area contributed by atoms with Crippen LogP contribution in [0.3, 0.4) is 0 Å². The average Bonchev–Trinajstić information content (AvgIpc) is 3.15. The minimum Gasteiger partial charge on any atom is -0.508 e. The van der Waals surface area contributed by atoms with E-state index in [4.69, 9.17) is 4.74 Å². The molecule has 1 aromatic rings. The van der Waals surface area contributed by atoms with Crippen LogP contribution in [-0.2, 0) is 16.1 Å². The molecule has 0 radical (unpaired) electrons. The first-order chi connectivity index (χ1) is 8.22. The van der Waals surface area contributed by atoms with Crippen LogP contribution in [0.1, 0.15) is 18.4 Å². The number of phenolic OH excluding ortho intramolecular Hbond substituents is 1. The van der Waals surface area contributed by atoms with Crippen LogP contribution in [0.5, 0.6) is 5.75 Å². The van der Waals surface area contributed by atoms with Crippen LogP contribution in [0.25, 0.3) is 0 Å². The minimum atomic E-state index is -0.250. The van der Waals surface area contributed by atoms with E-state index >= 15 is 0 Å². The van der Waals surface area contributed by atoms with Crippen LogP contribution in [-0.4, -0.2) is 24.2 Å². The summed E-state index contributed by atoms with van der Waals surface area (Å²) in [4.78, 5) is 11.6. The van der Waals surface area contributed by atoms with E-state index in [-0.39, 0.29) is 17.8 Å². The van der Waals surface area contributed by atoms with Crippen LogP contribution in [0.4, 0.5) is 0 Å². The summed E-state index contributed by atoms with van der Waals surface area (Å²) in [6, 6.07) is 6.86. The molecule has 0 amide bonds. The molecule has 0 saturated heterocycles. The number of aromatic hydroxyl groups is 1. The summed E-state index contributed by atoms with van der Waals surface area (Å²) in [6.45, 7) is 0.475. The van der Waals surface area contributed by atoms with Crippen LogP contribution in [0.15, 0.2) is 24.3 Å². The van der Waals surface area contributed by atoms with Gasteiger partial charge in [0.25, 0.3) is 0 Å². The van der Waals surface area contributed by atoms with E-state index in [1.807, 2.05) is 12.1 Å². The van der Waals surface area contributed by atoms with Crippen molar-refractivity contribution in [2.24, 2.45) is 5.92 Å². The van der Waals surface area contributed by atoms with E-state index in [1.165, 1.54) is 7.11 Å². The summed E-state index contributed by atoms with van der Waals surface area (Å²) >= 11 is 0. The second-order valence-electron chi connectivity index (χ2n) is 4.35. The highest BCUT2D eigenvalue weighted by Gasteiger charge is 2.36. The first-order valence-electron chi connectivity index (χ1n) is 5.80. The van der Waals surface area contributed by atoms with Crippen molar-refractivity contribution >= 4 is 5.97 Å². The molecule has 1 atom stereocenters. The molecule has 2 rings (SSSR count). The number of phenols is 1. The van der Waals surface area contributed by atoms with Crippen molar-refractivity contribution < 1.29 is 14.6 Å². The predicted octanol–water partition coefficient (Wildman–Crippen LogP) is 1.43. The molecular formula is C13H17NO3. The number of hydrogen-bond donors (Lipinski definition) is 2. The number of hydrogen-bond acceptors (Lipinski definition) is 4. The van der Waals surface area contributed by atoms with Crippen molar-refractivity contribution in [2.45, 2.75) is 25.4 Å². The lowest BCUT2D eigenvalue weighted by Crippen LogP contribution is -2.39. The minimum absolute atomic E-state index is 0.220. The van der Waals surface area contributed by atoms with E-state index in [9.17, 15) is 9.90 Å². The smallest absolute Gasteiger partial charge is 0.323 e. The summed E-state index contributed by atoms with van der Waals surface area (Å²) in [7, 11) is 1.40. The highest BCUT2D eigenvalue weighted by Crippen LogP contribution is 2.33. The van der Waals surface area contributed by atoms with Gasteiger partial charge in [0.15, 0.2) is 0 Å². The van der Waals surface area contributed by atoms with Gasteiger partial charge in [-0.05, 0) is 24.8 Å². The molecule has 0 heterocycles. The van der Waals surface area contributed by atoms with Crippen molar-refractivity contribution in [3.8, 4) is 5.75 Å². The van der Waals surface area contributed by atoms with Gasteiger partial charge >= 0.3 is 5.97 Å². The second-order valence-corrected chi connectivity index (χ2v) is 4.35. The Morgan fingerprint density at radius 3 is 2.82 bits per heavy atom. The molecule has 92 valence electrons. The van der Waals surface area contributed by atoms with Gasteiger partial charge in [-0.15, -0.1) is 0 Å². The molecule has 0 spiro atoms. The van der Waals surface area contributed by atoms with E-state index in [2.05, 4.69) is 5.32 Å². The number of ether oxygens (including phenoxy) is 1. The fourth-order valence-electron chi connectivity index (χ4n) is 1.88. The van der Waals surface area contributed by atoms with Gasteiger partial charge in [-0.3, -0.25) is 10.1 Å². The molecule has 0 bridgehead atoms. The molecule has 4 nitrogen and oxygen atoms in total. The SMILES string of the molecule is COC(=O)C(NCc1ccccc1O)C1CC1. The van der Waals surface area contributed by atoms with Crippen LogP contribution in [0.2, 0.25) is 0 Å². The molecule has 1 unspecified atom stereocenters. The Labute approximate surface area is 101 Å². The normalized spacial score (nSPS) is 16.5. The van der Waals surface area contributed by atoms with Crippen molar-refractivity contribution in [3.05, 3.63) is 29.8 Å². The maximum atomic E-state index is 11.6. The van der Waals surface area contributed by atoms with Crippen LogP contribution >= 0.6 is 0 Å². The Balaban J connectivity index is 1.95. The van der Waals surface area contributed by atoms with Gasteiger partial charge in [-0.1, -0.05) is 18.2 Å². The van der Waals surface area contributed by atoms with Crippen molar-refractivity contribution in [2.75, 3.05) is 7.11 Å². The maximum Gasteiger partial charge on any atom is 0.323 e. The molecule has 1 aliphatic rings. The number of nitrogens with one attached hydrogen (secondary N) is 1. The molecule has 1 aliphatic carbocycles. The predicted molar refractivity (Wildman–Crippen MR) is 63.5 cm³/mol. The molecule has 1 fully saturated rings. The zero-order valence-corrected chi connectivity index (χ0v) is 9.85. The highest BCUT2D eigenvalue weighted by atomic mass is 16.5. The standard InChI is InChI=1S/C13H17NO3/c1-17-13(16)12(9-6-7-9)14-8-10-4-2-3-5-11(10)15/h2-5,9,12,14-15H,6-8H2,1H3. The third-order valence-corrected chi connectivity index (χ3v) is 3.05. The van der Waals surface area contributed by atoms with E-state index < -0.39 is 0 Å². The number of esters is 1. The molecule has 0 aliphatic heterocycles. The zero-order valence-electron chi connectivity index (χ0n) is 9.85. The van der Waals surface area contributed by atoms with Crippen molar-refractivity contribution in [3.63, 3.8) is 0 Å². The molecule has 1 saturated carbocycles. The van der Waals surface area contributed by atoms with Gasteiger partial charge in [0.1, 0.15) is 11.8 Å². The number of methoxy groups -OCH3 is 1. The van der Waals surface area contributed by atoms with Gasteiger partial charge in [-0.25, -0.2) is 0 Å². The number of carbonyl (C=O) groups excluding carboxylic acids is 1. The fourth-order valence-corrected chi connectivity index (χ4v) is 1.88. The Kier molecular flexibility index (Phi) is 3.64. The van der Waals surface area contributed by atoms with Crippen molar-refractivity contribution in [1.29, 1.82) is 0 Å². The average molecular weight is 235 g/mol. The zero-order chi connectivity index (χ0) is 12.3. The maximum absolute atomic E-state index is 11.6. The van der Waals surface area contributed by atoms with Crippen molar-refractivity contribution in [1.82, 2.24) is 5.32 Å². The quantitative estimate of drug-likeness (QED) is 0.758. The number of benzene rings is 1. The Morgan fingerprint density at radius 1 is 1.53 bits per heavy atom.